The first-order chi connectivity index (χ1) is 25.8. The molecule has 0 saturated carbocycles. The van der Waals surface area contributed by atoms with E-state index in [0.717, 1.165) is 10.9 Å². The molecule has 0 aliphatic rings. The normalized spacial score (nSPS) is 15.1. The smallest absolute Gasteiger partial charge is 0.327 e. The van der Waals surface area contributed by atoms with Gasteiger partial charge in [-0.2, -0.15) is 25.3 Å². The maximum absolute atomic E-state index is 14.1. The third-order valence-electron chi connectivity index (χ3n) is 8.44. The van der Waals surface area contributed by atoms with Gasteiger partial charge in [0.25, 0.3) is 0 Å². The topological polar surface area (TPSA) is 297 Å². The highest BCUT2D eigenvalue weighted by molar-refractivity contribution is 7.80. The Morgan fingerprint density at radius 1 is 0.709 bits per heavy atom. The summed E-state index contributed by atoms with van der Waals surface area (Å²) in [5.74, 6) is -7.85. The zero-order chi connectivity index (χ0) is 41.6. The van der Waals surface area contributed by atoms with E-state index >= 15 is 0 Å². The molecule has 1 heterocycles. The number of aromatic amines is 1. The van der Waals surface area contributed by atoms with Crippen molar-refractivity contribution in [3.63, 3.8) is 0 Å². The molecule has 0 bridgehead atoms. The van der Waals surface area contributed by atoms with Crippen molar-refractivity contribution >= 4 is 83.5 Å². The lowest BCUT2D eigenvalue weighted by atomic mass is 10.00. The highest BCUT2D eigenvalue weighted by Gasteiger charge is 2.34. The third-order valence-corrected chi connectivity index (χ3v) is 9.20. The van der Waals surface area contributed by atoms with Gasteiger partial charge >= 0.3 is 5.97 Å². The third kappa shape index (κ3) is 14.4. The van der Waals surface area contributed by atoms with Crippen molar-refractivity contribution in [2.45, 2.75) is 96.2 Å². The second-order valence-electron chi connectivity index (χ2n) is 13.9. The van der Waals surface area contributed by atoms with Gasteiger partial charge in [0.1, 0.15) is 36.3 Å². The lowest BCUT2D eigenvalue weighted by molar-refractivity contribution is -0.141. The molecular weight excluding hydrogens is 755 g/mol. The number of carboxylic acids is 1. The molecule has 7 atom stereocenters. The number of benzene rings is 1. The Labute approximate surface area is 330 Å². The Morgan fingerprint density at radius 3 is 1.84 bits per heavy atom. The SMILES string of the molecule is CC(C)C[C@H](NC(=O)[C@H](Cc1c[nH]c2ccccc12)NC(=O)[C@H](C)NC(=O)[C@@H](NC(=O)[C@@H](N)CS)C(C)C)C(=O)N[C@@H](CC(N)=O)C(=O)N[C@@H](CS)C(=O)O. The molecule has 0 aliphatic carbocycles. The largest absolute Gasteiger partial charge is 0.480 e. The monoisotopic (exact) mass is 807 g/mol. The van der Waals surface area contributed by atoms with Gasteiger partial charge in [-0.1, -0.05) is 45.9 Å². The van der Waals surface area contributed by atoms with Crippen LogP contribution in [0.3, 0.4) is 0 Å². The Hall–Kier alpha value is -4.82. The molecule has 0 radical (unpaired) electrons. The minimum atomic E-state index is -1.59. The second-order valence-corrected chi connectivity index (χ2v) is 14.6. The molecule has 0 spiro atoms. The number of carbonyl (C=O) groups is 8. The van der Waals surface area contributed by atoms with Crippen molar-refractivity contribution in [1.29, 1.82) is 0 Å². The van der Waals surface area contributed by atoms with E-state index in [-0.39, 0.29) is 36.2 Å². The molecule has 2 aromatic rings. The molecule has 55 heavy (non-hydrogen) atoms. The maximum atomic E-state index is 14.1. The van der Waals surface area contributed by atoms with Crippen molar-refractivity contribution in [2.24, 2.45) is 23.3 Å². The first-order valence-electron chi connectivity index (χ1n) is 17.6. The zero-order valence-corrected chi connectivity index (χ0v) is 33.2. The number of fused-ring (bicyclic) bond motifs is 1. The van der Waals surface area contributed by atoms with Gasteiger partial charge in [-0.15, -0.1) is 0 Å². The number of hydrogen-bond acceptors (Lipinski definition) is 11. The molecule has 12 N–H and O–H groups in total. The average Bonchev–Trinajstić information content (AvgIpc) is 3.52. The van der Waals surface area contributed by atoms with Crippen molar-refractivity contribution in [3.8, 4) is 0 Å². The number of rotatable bonds is 22. The number of para-hydroxylation sites is 1. The molecule has 18 nitrogen and oxygen atoms in total. The second kappa shape index (κ2) is 21.9. The van der Waals surface area contributed by atoms with Crippen LogP contribution in [0.1, 0.15) is 53.0 Å². The fraction of sp³-hybridized carbons (Fsp3) is 0.543. The number of amides is 7. The molecule has 2 rings (SSSR count). The summed E-state index contributed by atoms with van der Waals surface area (Å²) in [6.45, 7) is 8.35. The number of nitrogens with one attached hydrogen (secondary N) is 7. The first-order valence-corrected chi connectivity index (χ1v) is 18.9. The van der Waals surface area contributed by atoms with E-state index in [1.165, 1.54) is 6.92 Å². The summed E-state index contributed by atoms with van der Waals surface area (Å²) in [4.78, 5) is 106. The number of aliphatic carboxylic acids is 1. The summed E-state index contributed by atoms with van der Waals surface area (Å²) in [7, 11) is 0. The van der Waals surface area contributed by atoms with E-state index in [9.17, 15) is 43.5 Å². The molecular formula is C35H53N9O9S2. The Balaban J connectivity index is 2.38. The van der Waals surface area contributed by atoms with Crippen LogP contribution in [0, 0.1) is 11.8 Å². The quantitative estimate of drug-likeness (QED) is 0.0611. The number of carboxylic acid groups (broad SMARTS) is 1. The molecule has 0 unspecified atom stereocenters. The van der Waals surface area contributed by atoms with Crippen molar-refractivity contribution in [1.82, 2.24) is 36.9 Å². The summed E-state index contributed by atoms with van der Waals surface area (Å²) in [6.07, 6.45) is 0.993. The van der Waals surface area contributed by atoms with Gasteiger partial charge in [0.2, 0.25) is 41.4 Å². The van der Waals surface area contributed by atoms with E-state index in [1.54, 1.807) is 40.0 Å². The predicted molar refractivity (Wildman–Crippen MR) is 211 cm³/mol. The number of thiol groups is 2. The highest BCUT2D eigenvalue weighted by atomic mass is 32.1. The van der Waals surface area contributed by atoms with Gasteiger partial charge in [-0.3, -0.25) is 33.6 Å². The maximum Gasteiger partial charge on any atom is 0.327 e. The molecule has 304 valence electrons. The Morgan fingerprint density at radius 2 is 1.27 bits per heavy atom. The van der Waals surface area contributed by atoms with Gasteiger partial charge in [0.05, 0.1) is 12.5 Å². The number of hydrogen-bond donors (Lipinski definition) is 12. The number of carbonyl (C=O) groups excluding carboxylic acids is 7. The van der Waals surface area contributed by atoms with Crippen molar-refractivity contribution < 1.29 is 43.5 Å². The van der Waals surface area contributed by atoms with Crippen molar-refractivity contribution in [3.05, 3.63) is 36.0 Å². The average molecular weight is 808 g/mol. The van der Waals surface area contributed by atoms with Crippen LogP contribution in [0.15, 0.2) is 30.5 Å². The fourth-order valence-electron chi connectivity index (χ4n) is 5.39. The number of H-pyrrole nitrogens is 1. The van der Waals surface area contributed by atoms with Crippen LogP contribution in [0.25, 0.3) is 10.9 Å². The predicted octanol–water partition coefficient (Wildman–Crippen LogP) is -1.51. The molecule has 0 fully saturated rings. The van der Waals surface area contributed by atoms with Crippen LogP contribution in [0.2, 0.25) is 0 Å². The minimum Gasteiger partial charge on any atom is -0.480 e. The number of nitrogens with two attached hydrogens (primary N) is 2. The minimum absolute atomic E-state index is 0.0452. The van der Waals surface area contributed by atoms with Crippen LogP contribution < -0.4 is 43.4 Å². The lowest BCUT2D eigenvalue weighted by Crippen LogP contribution is -2.60. The summed E-state index contributed by atoms with van der Waals surface area (Å²) in [5, 5.41) is 25.1. The van der Waals surface area contributed by atoms with Crippen LogP contribution in [0.4, 0.5) is 0 Å². The number of aromatic nitrogens is 1. The van der Waals surface area contributed by atoms with Gasteiger partial charge in [0.15, 0.2) is 0 Å². The number of primary amides is 1. The Bertz CT molecular complexity index is 1700. The van der Waals surface area contributed by atoms with E-state index in [1.807, 2.05) is 18.2 Å². The van der Waals surface area contributed by atoms with E-state index in [2.05, 4.69) is 62.1 Å². The van der Waals surface area contributed by atoms with E-state index < -0.39 is 96.0 Å². The van der Waals surface area contributed by atoms with E-state index in [4.69, 9.17) is 11.5 Å². The molecule has 20 heteroatoms. The summed E-state index contributed by atoms with van der Waals surface area (Å²) < 4.78 is 0. The van der Waals surface area contributed by atoms with Crippen LogP contribution in [0.5, 0.6) is 0 Å². The van der Waals surface area contributed by atoms with E-state index in [0.29, 0.717) is 5.56 Å². The molecule has 0 saturated heterocycles. The first kappa shape index (κ1) is 46.3. The van der Waals surface area contributed by atoms with Crippen LogP contribution in [-0.2, 0) is 44.8 Å². The summed E-state index contributed by atoms with van der Waals surface area (Å²) in [6, 6.07) is -1.55. The molecule has 1 aromatic carbocycles. The highest BCUT2D eigenvalue weighted by Crippen LogP contribution is 2.20. The van der Waals surface area contributed by atoms with Crippen LogP contribution >= 0.6 is 25.3 Å². The molecule has 7 amide bonds. The standard InChI is InChI=1S/C35H53N9O9S2/c1-16(2)10-23(31(48)42-25(12-27(37)45)33(50)43-26(15-55)35(52)53)41-32(49)24(11-19-13-38-22-9-7-6-8-20(19)22)40-29(46)18(5)39-34(51)28(17(3)4)44-30(47)21(36)14-54/h6-9,13,16-18,21,23-26,28,38,54-55H,10-12,14-15,36H2,1-5H3,(H2,37,45)(H,39,51)(H,40,46)(H,41,49)(H,42,48)(H,43,50)(H,44,47)(H,52,53)/t18-,21-,23-,24-,25-,26-,28-/m0/s1. The lowest BCUT2D eigenvalue weighted by Gasteiger charge is -2.27. The molecule has 1 aromatic heterocycles. The Kier molecular flexibility index (Phi) is 18.5. The van der Waals surface area contributed by atoms with Gasteiger partial charge in [-0.25, -0.2) is 4.79 Å². The fourth-order valence-corrected chi connectivity index (χ4v) is 5.80. The van der Waals surface area contributed by atoms with Gasteiger partial charge in [-0.05, 0) is 36.8 Å². The van der Waals surface area contributed by atoms with Gasteiger partial charge in [0, 0.05) is 35.0 Å². The van der Waals surface area contributed by atoms with Crippen LogP contribution in [-0.4, -0.2) is 111 Å². The van der Waals surface area contributed by atoms with Gasteiger partial charge < -0.3 is 53.5 Å². The van der Waals surface area contributed by atoms with Crippen molar-refractivity contribution in [2.75, 3.05) is 11.5 Å². The zero-order valence-electron chi connectivity index (χ0n) is 31.4. The summed E-state index contributed by atoms with van der Waals surface area (Å²) in [5.41, 5.74) is 12.5. The molecule has 0 aliphatic heterocycles. The summed E-state index contributed by atoms with van der Waals surface area (Å²) >= 11 is 7.93.